The normalized spacial score (nSPS) is 11.2. The van der Waals surface area contributed by atoms with E-state index < -0.39 is 0 Å². The van der Waals surface area contributed by atoms with Crippen molar-refractivity contribution in [1.82, 2.24) is 14.9 Å². The molecule has 0 aliphatic carbocycles. The maximum absolute atomic E-state index is 5.01. The number of fused-ring (bicyclic) bond motifs is 1. The number of hydrogen-bond acceptors (Lipinski definition) is 4. The van der Waals surface area contributed by atoms with Gasteiger partial charge >= 0.3 is 0 Å². The number of aromatic nitrogens is 2. The second-order valence-electron chi connectivity index (χ2n) is 8.92. The Balaban J connectivity index is 1.51. The van der Waals surface area contributed by atoms with Crippen LogP contribution in [0.2, 0.25) is 0 Å². The first-order valence-corrected chi connectivity index (χ1v) is 12.0. The van der Waals surface area contributed by atoms with E-state index in [2.05, 4.69) is 90.0 Å². The van der Waals surface area contributed by atoms with Gasteiger partial charge in [0.15, 0.2) is 0 Å². The molecule has 4 aromatic rings. The standard InChI is InChI=1S/C29H34N4/c1-33(2)19-9-18-31-28-21-27(25-14-8-17-30-22-25)32-29-20-24(15-16-26(28)29)13-7-6-12-23-10-4-3-5-11-23/h3-5,8,10-11,14-17,20-22H,6-7,9,12-13,18-19H2,1-2H3,(H,31,32). The van der Waals surface area contributed by atoms with Crippen molar-refractivity contribution >= 4 is 16.6 Å². The Hall–Kier alpha value is -3.24. The first-order chi connectivity index (χ1) is 16.2. The number of unbranched alkanes of at least 4 members (excludes halogenated alkanes) is 1. The first kappa shape index (κ1) is 22.9. The molecule has 0 unspecified atom stereocenters. The summed E-state index contributed by atoms with van der Waals surface area (Å²) >= 11 is 0. The summed E-state index contributed by atoms with van der Waals surface area (Å²) in [5.41, 5.74) is 6.98. The van der Waals surface area contributed by atoms with Crippen molar-refractivity contribution in [2.75, 3.05) is 32.5 Å². The molecule has 0 saturated carbocycles. The fraction of sp³-hybridized carbons (Fsp3) is 0.310. The Bertz CT molecular complexity index is 1140. The zero-order valence-corrected chi connectivity index (χ0v) is 19.8. The molecule has 1 N–H and O–H groups in total. The van der Waals surface area contributed by atoms with E-state index in [4.69, 9.17) is 4.98 Å². The van der Waals surface area contributed by atoms with Gasteiger partial charge in [0.1, 0.15) is 0 Å². The molecular formula is C29H34N4. The molecule has 0 fully saturated rings. The summed E-state index contributed by atoms with van der Waals surface area (Å²) in [6, 6.07) is 23.7. The van der Waals surface area contributed by atoms with E-state index in [0.717, 1.165) is 54.8 Å². The van der Waals surface area contributed by atoms with E-state index in [1.807, 2.05) is 12.3 Å². The van der Waals surface area contributed by atoms with Crippen molar-refractivity contribution in [3.63, 3.8) is 0 Å². The fourth-order valence-electron chi connectivity index (χ4n) is 4.16. The van der Waals surface area contributed by atoms with Gasteiger partial charge in [-0.25, -0.2) is 4.98 Å². The van der Waals surface area contributed by atoms with Gasteiger partial charge in [0.2, 0.25) is 0 Å². The molecule has 0 atom stereocenters. The lowest BCUT2D eigenvalue weighted by atomic mass is 10.0. The molecule has 0 aliphatic heterocycles. The molecule has 0 amide bonds. The van der Waals surface area contributed by atoms with Crippen LogP contribution in [0.25, 0.3) is 22.2 Å². The van der Waals surface area contributed by atoms with E-state index in [1.54, 1.807) is 6.20 Å². The van der Waals surface area contributed by atoms with Crippen LogP contribution in [0.4, 0.5) is 5.69 Å². The molecule has 0 radical (unpaired) electrons. The van der Waals surface area contributed by atoms with Gasteiger partial charge in [-0.2, -0.15) is 0 Å². The maximum Gasteiger partial charge on any atom is 0.0745 e. The van der Waals surface area contributed by atoms with Gasteiger partial charge in [0, 0.05) is 35.6 Å². The average molecular weight is 439 g/mol. The number of hydrogen-bond donors (Lipinski definition) is 1. The lowest BCUT2D eigenvalue weighted by Crippen LogP contribution is -2.16. The molecule has 0 saturated heterocycles. The Morgan fingerprint density at radius 3 is 2.39 bits per heavy atom. The smallest absolute Gasteiger partial charge is 0.0745 e. The minimum atomic E-state index is 0.936. The molecular weight excluding hydrogens is 404 g/mol. The third-order valence-electron chi connectivity index (χ3n) is 5.95. The van der Waals surface area contributed by atoms with Crippen molar-refractivity contribution in [2.45, 2.75) is 32.1 Å². The molecule has 170 valence electrons. The molecule has 2 heterocycles. The second-order valence-corrected chi connectivity index (χ2v) is 8.92. The zero-order chi connectivity index (χ0) is 22.9. The average Bonchev–Trinajstić information content (AvgIpc) is 2.85. The van der Waals surface area contributed by atoms with Crippen LogP contribution in [-0.4, -0.2) is 42.1 Å². The Kier molecular flexibility index (Phi) is 8.04. The van der Waals surface area contributed by atoms with Crippen LogP contribution in [0.3, 0.4) is 0 Å². The summed E-state index contributed by atoms with van der Waals surface area (Å²) in [5.74, 6) is 0. The lowest BCUT2D eigenvalue weighted by Gasteiger charge is -2.14. The van der Waals surface area contributed by atoms with E-state index in [1.165, 1.54) is 29.4 Å². The maximum atomic E-state index is 5.01. The van der Waals surface area contributed by atoms with E-state index in [0.29, 0.717) is 0 Å². The second kappa shape index (κ2) is 11.6. The summed E-state index contributed by atoms with van der Waals surface area (Å²) < 4.78 is 0. The van der Waals surface area contributed by atoms with Gasteiger partial charge in [0.25, 0.3) is 0 Å². The third-order valence-corrected chi connectivity index (χ3v) is 5.95. The number of rotatable bonds is 11. The van der Waals surface area contributed by atoms with Crippen LogP contribution in [0, 0.1) is 0 Å². The number of aryl methyl sites for hydroxylation is 2. The van der Waals surface area contributed by atoms with Gasteiger partial charge < -0.3 is 10.2 Å². The number of benzene rings is 2. The SMILES string of the molecule is CN(C)CCCNc1cc(-c2cccnc2)nc2cc(CCCCc3ccccc3)ccc12. The van der Waals surface area contributed by atoms with Crippen molar-refractivity contribution in [2.24, 2.45) is 0 Å². The number of nitrogens with zero attached hydrogens (tertiary/aromatic N) is 3. The van der Waals surface area contributed by atoms with Gasteiger partial charge in [-0.3, -0.25) is 4.98 Å². The van der Waals surface area contributed by atoms with Gasteiger partial charge in [-0.15, -0.1) is 0 Å². The van der Waals surface area contributed by atoms with Crippen LogP contribution in [0.1, 0.15) is 30.4 Å². The summed E-state index contributed by atoms with van der Waals surface area (Å²) in [6.07, 6.45) is 9.38. The summed E-state index contributed by atoms with van der Waals surface area (Å²) in [5, 5.41) is 4.84. The van der Waals surface area contributed by atoms with Crippen LogP contribution in [0.5, 0.6) is 0 Å². The molecule has 4 heteroatoms. The topological polar surface area (TPSA) is 41.0 Å². The van der Waals surface area contributed by atoms with E-state index in [9.17, 15) is 0 Å². The van der Waals surface area contributed by atoms with Crippen molar-refractivity contribution < 1.29 is 0 Å². The third kappa shape index (κ3) is 6.62. The molecule has 4 nitrogen and oxygen atoms in total. The largest absolute Gasteiger partial charge is 0.384 e. The predicted octanol–water partition coefficient (Wildman–Crippen LogP) is 6.23. The zero-order valence-electron chi connectivity index (χ0n) is 19.8. The van der Waals surface area contributed by atoms with Gasteiger partial charge in [-0.1, -0.05) is 42.5 Å². The molecule has 33 heavy (non-hydrogen) atoms. The molecule has 0 bridgehead atoms. The summed E-state index contributed by atoms with van der Waals surface area (Å²) in [4.78, 5) is 11.5. The van der Waals surface area contributed by atoms with E-state index >= 15 is 0 Å². The number of pyridine rings is 2. The molecule has 2 aromatic carbocycles. The van der Waals surface area contributed by atoms with Crippen molar-refractivity contribution in [3.05, 3.63) is 90.3 Å². The highest BCUT2D eigenvalue weighted by Crippen LogP contribution is 2.29. The molecule has 4 rings (SSSR count). The van der Waals surface area contributed by atoms with Crippen LogP contribution >= 0.6 is 0 Å². The Morgan fingerprint density at radius 1 is 0.818 bits per heavy atom. The highest BCUT2D eigenvalue weighted by Gasteiger charge is 2.09. The van der Waals surface area contributed by atoms with E-state index in [-0.39, 0.29) is 0 Å². The predicted molar refractivity (Wildman–Crippen MR) is 140 cm³/mol. The molecule has 0 aliphatic rings. The van der Waals surface area contributed by atoms with Crippen LogP contribution in [0.15, 0.2) is 79.1 Å². The van der Waals surface area contributed by atoms with Crippen LogP contribution in [-0.2, 0) is 12.8 Å². The first-order valence-electron chi connectivity index (χ1n) is 12.0. The fourth-order valence-corrected chi connectivity index (χ4v) is 4.16. The van der Waals surface area contributed by atoms with Crippen molar-refractivity contribution in [1.29, 1.82) is 0 Å². The minimum absolute atomic E-state index is 0.936. The Labute approximate surface area is 197 Å². The minimum Gasteiger partial charge on any atom is -0.384 e. The van der Waals surface area contributed by atoms with Gasteiger partial charge in [-0.05, 0) is 88.1 Å². The van der Waals surface area contributed by atoms with Crippen molar-refractivity contribution in [3.8, 4) is 11.3 Å². The highest BCUT2D eigenvalue weighted by atomic mass is 15.1. The quantitative estimate of drug-likeness (QED) is 0.282. The summed E-state index contributed by atoms with van der Waals surface area (Å²) in [6.45, 7) is 2.00. The lowest BCUT2D eigenvalue weighted by molar-refractivity contribution is 0.405. The number of nitrogens with one attached hydrogen (secondary N) is 1. The Morgan fingerprint density at radius 2 is 1.64 bits per heavy atom. The molecule has 0 spiro atoms. The highest BCUT2D eigenvalue weighted by molar-refractivity contribution is 5.94. The molecule has 2 aromatic heterocycles. The van der Waals surface area contributed by atoms with Crippen LogP contribution < -0.4 is 5.32 Å². The van der Waals surface area contributed by atoms with Gasteiger partial charge in [0.05, 0.1) is 11.2 Å². The number of anilines is 1. The summed E-state index contributed by atoms with van der Waals surface area (Å²) in [7, 11) is 4.23. The monoisotopic (exact) mass is 438 g/mol.